The number of fused-ring (bicyclic) bond motifs is 1. The first kappa shape index (κ1) is 36.1. The van der Waals surface area contributed by atoms with Crippen molar-refractivity contribution in [1.29, 1.82) is 0 Å². The van der Waals surface area contributed by atoms with Crippen molar-refractivity contribution in [2.45, 2.75) is 37.5 Å². The molecule has 3 N–H and O–H groups in total. The Labute approximate surface area is 309 Å². The number of aromatic nitrogens is 1. The topological polar surface area (TPSA) is 124 Å². The van der Waals surface area contributed by atoms with Gasteiger partial charge in [-0.1, -0.05) is 66.6 Å². The van der Waals surface area contributed by atoms with Gasteiger partial charge < -0.3 is 25.0 Å². The van der Waals surface area contributed by atoms with Crippen LogP contribution in [-0.2, 0) is 26.7 Å². The number of ketones is 1. The van der Waals surface area contributed by atoms with E-state index in [2.05, 4.69) is 14.8 Å². The van der Waals surface area contributed by atoms with Gasteiger partial charge in [-0.25, -0.2) is 0 Å². The second-order valence-corrected chi connectivity index (χ2v) is 15.5. The number of phenolic OH excluding ortho intramolecular Hbond substituents is 2. The van der Waals surface area contributed by atoms with Crippen LogP contribution in [0.5, 0.6) is 11.5 Å². The Morgan fingerprint density at radius 1 is 0.808 bits per heavy atom. The molecule has 0 radical (unpaired) electrons. The van der Waals surface area contributed by atoms with Crippen molar-refractivity contribution >= 4 is 38.4 Å². The quantitative estimate of drug-likeness (QED) is 0.127. The molecule has 2 aliphatic rings. The molecule has 5 aromatic rings. The molecule has 2 saturated heterocycles. The molecule has 0 bridgehead atoms. The van der Waals surface area contributed by atoms with Crippen molar-refractivity contribution in [2.24, 2.45) is 0 Å². The normalized spacial score (nSPS) is 16.1. The number of aromatic hydroxyl groups is 2. The maximum atomic E-state index is 15.1. The van der Waals surface area contributed by atoms with E-state index >= 15 is 4.79 Å². The maximum Gasteiger partial charge on any atom is 0.287 e. The van der Waals surface area contributed by atoms with Crippen molar-refractivity contribution in [1.82, 2.24) is 19.8 Å². The zero-order chi connectivity index (χ0) is 36.2. The van der Waals surface area contributed by atoms with Crippen LogP contribution in [0.2, 0.25) is 5.02 Å². The highest BCUT2D eigenvalue weighted by atomic mass is 35.5. The van der Waals surface area contributed by atoms with E-state index in [4.69, 9.17) is 15.9 Å². The third-order valence-electron chi connectivity index (χ3n) is 9.97. The van der Waals surface area contributed by atoms with Crippen LogP contribution in [0.3, 0.4) is 0 Å². The molecule has 0 spiro atoms. The zero-order valence-corrected chi connectivity index (χ0v) is 30.5. The number of para-hydroxylation sites is 1. The van der Waals surface area contributed by atoms with Gasteiger partial charge in [-0.15, -0.1) is 0 Å². The number of piperazine rings is 1. The summed E-state index contributed by atoms with van der Waals surface area (Å²) in [5.74, 6) is -0.882. The molecule has 2 aliphatic heterocycles. The molecule has 2 fully saturated rings. The van der Waals surface area contributed by atoms with Crippen LogP contribution in [-0.4, -0.2) is 84.8 Å². The Balaban J connectivity index is 1.34. The first-order valence-electron chi connectivity index (χ1n) is 17.8. The first-order chi connectivity index (χ1) is 25.2. The summed E-state index contributed by atoms with van der Waals surface area (Å²) in [6.45, 7) is 5.52. The number of benzene rings is 4. The number of hydrogen-bond donors (Lipinski definition) is 3. The van der Waals surface area contributed by atoms with Crippen LogP contribution < -0.4 is 5.32 Å². The number of rotatable bonds is 12. The summed E-state index contributed by atoms with van der Waals surface area (Å²) in [4.78, 5) is 17.5. The maximum absolute atomic E-state index is 15.1. The van der Waals surface area contributed by atoms with Crippen molar-refractivity contribution in [3.05, 3.63) is 130 Å². The average Bonchev–Trinajstić information content (AvgIpc) is 3.46. The number of nitrogens with zero attached hydrogens (tertiary/aromatic N) is 3. The van der Waals surface area contributed by atoms with Gasteiger partial charge in [0.1, 0.15) is 17.3 Å². The van der Waals surface area contributed by atoms with Gasteiger partial charge in [0.15, 0.2) is 0 Å². The third-order valence-corrected chi connectivity index (χ3v) is 11.4. The van der Waals surface area contributed by atoms with Crippen LogP contribution >= 0.6 is 11.6 Å². The minimum Gasteiger partial charge on any atom is -0.508 e. The van der Waals surface area contributed by atoms with Crippen LogP contribution in [0.1, 0.15) is 63.5 Å². The lowest BCUT2D eigenvalue weighted by Crippen LogP contribution is -2.44. The highest BCUT2D eigenvalue weighted by molar-refractivity contribution is 7.85. The second kappa shape index (κ2) is 15.8. The van der Waals surface area contributed by atoms with Gasteiger partial charge in [0.25, 0.3) is 10.1 Å². The minimum absolute atomic E-state index is 0.126. The number of carbonyl (C=O) groups is 1. The van der Waals surface area contributed by atoms with Crippen molar-refractivity contribution in [3.8, 4) is 11.5 Å². The summed E-state index contributed by atoms with van der Waals surface area (Å²) in [6, 6.07) is 26.7. The molecule has 272 valence electrons. The highest BCUT2D eigenvalue weighted by Crippen LogP contribution is 2.42. The van der Waals surface area contributed by atoms with Crippen LogP contribution in [0, 0.1) is 0 Å². The zero-order valence-electron chi connectivity index (χ0n) is 28.9. The lowest BCUT2D eigenvalue weighted by Gasteiger charge is -2.27. The van der Waals surface area contributed by atoms with E-state index in [9.17, 15) is 18.6 Å². The van der Waals surface area contributed by atoms with Crippen molar-refractivity contribution in [2.75, 3.05) is 45.8 Å². The molecule has 0 aliphatic carbocycles. The first-order valence-corrected chi connectivity index (χ1v) is 19.7. The van der Waals surface area contributed by atoms with Gasteiger partial charge >= 0.3 is 0 Å². The number of likely N-dealkylation sites (tertiary alicyclic amines) is 1. The van der Waals surface area contributed by atoms with E-state index in [0.717, 1.165) is 60.1 Å². The van der Waals surface area contributed by atoms with Crippen LogP contribution in [0.4, 0.5) is 0 Å². The number of nitrogens with one attached hydrogen (secondary N) is 1. The van der Waals surface area contributed by atoms with Gasteiger partial charge in [-0.05, 0) is 85.1 Å². The van der Waals surface area contributed by atoms with Crippen LogP contribution in [0.25, 0.3) is 10.9 Å². The molecular formula is C40H43ClN4O6S. The van der Waals surface area contributed by atoms with Crippen molar-refractivity contribution in [3.63, 3.8) is 0 Å². The molecule has 12 heteroatoms. The van der Waals surface area contributed by atoms with E-state index in [1.54, 1.807) is 36.4 Å². The molecular weight excluding hydrogens is 700 g/mol. The van der Waals surface area contributed by atoms with Gasteiger partial charge in [-0.3, -0.25) is 4.79 Å². The average molecular weight is 743 g/mol. The van der Waals surface area contributed by atoms with Gasteiger partial charge in [0.2, 0.25) is 5.78 Å². The number of halogens is 1. The molecule has 0 amide bonds. The number of phenols is 2. The monoisotopic (exact) mass is 742 g/mol. The molecule has 4 aromatic carbocycles. The van der Waals surface area contributed by atoms with Crippen LogP contribution in [0.15, 0.2) is 91.0 Å². The number of hydroxylamine groups is 2. The summed E-state index contributed by atoms with van der Waals surface area (Å²) < 4.78 is 33.4. The summed E-state index contributed by atoms with van der Waals surface area (Å²) in [5, 5.41) is 26.1. The molecule has 1 aromatic heterocycles. The van der Waals surface area contributed by atoms with Gasteiger partial charge in [0, 0.05) is 67.2 Å². The van der Waals surface area contributed by atoms with E-state index in [1.807, 2.05) is 48.5 Å². The largest absolute Gasteiger partial charge is 0.508 e. The lowest BCUT2D eigenvalue weighted by atomic mass is 9.82. The number of carbonyl (C=O) groups excluding carboxylic acids is 1. The summed E-state index contributed by atoms with van der Waals surface area (Å²) in [6.07, 6.45) is 3.51. The smallest absolute Gasteiger partial charge is 0.287 e. The summed E-state index contributed by atoms with van der Waals surface area (Å²) in [7, 11) is -3.95. The molecule has 3 heterocycles. The molecule has 0 saturated carbocycles. The predicted octanol–water partition coefficient (Wildman–Crippen LogP) is 6.27. The van der Waals surface area contributed by atoms with E-state index in [1.165, 1.54) is 17.6 Å². The fourth-order valence-corrected chi connectivity index (χ4v) is 8.85. The van der Waals surface area contributed by atoms with E-state index < -0.39 is 21.8 Å². The second-order valence-electron chi connectivity index (χ2n) is 13.5. The Bertz CT molecular complexity index is 2100. The summed E-state index contributed by atoms with van der Waals surface area (Å²) >= 11 is 6.90. The third kappa shape index (κ3) is 8.05. The van der Waals surface area contributed by atoms with Gasteiger partial charge in [0.05, 0.1) is 10.7 Å². The Morgan fingerprint density at radius 2 is 1.44 bits per heavy atom. The minimum atomic E-state index is -3.95. The Hall–Kier alpha value is -4.23. The van der Waals surface area contributed by atoms with E-state index in [0.29, 0.717) is 44.0 Å². The lowest BCUT2D eigenvalue weighted by molar-refractivity contribution is -0.0599. The summed E-state index contributed by atoms with van der Waals surface area (Å²) in [5.41, 5.74) is 4.54. The fourth-order valence-electron chi connectivity index (χ4n) is 7.45. The SMILES string of the molecule is O=C(c1ccc(CS(=O)(=O)ON2CCNCC2)cc1Cl)c1c(C(c2ccc(O)cc2)c2ccc(O)cc2)c2ccccc2n1CCN1CCCCC1. The molecule has 7 rings (SSSR count). The number of piperidine rings is 1. The molecule has 52 heavy (non-hydrogen) atoms. The Kier molecular flexibility index (Phi) is 11.0. The Morgan fingerprint density at radius 3 is 2.08 bits per heavy atom. The standard InChI is InChI=1S/C40H43ClN4O6S/c41-35-26-28(27-52(49,50)51-44-22-18-42-19-23-44)8-17-33(35)40(48)39-38(37(29-9-13-31(46)14-10-29)30-11-15-32(47)16-12-30)34-6-2-3-7-36(34)45(39)25-24-43-20-4-1-5-21-43/h2-3,6-17,26,37,42,46-47H,1,4-5,18-25,27H2. The predicted molar refractivity (Wildman–Crippen MR) is 202 cm³/mol. The molecule has 10 nitrogen and oxygen atoms in total. The fraction of sp³-hybridized carbons (Fsp3) is 0.325. The van der Waals surface area contributed by atoms with Crippen molar-refractivity contribution < 1.29 is 27.7 Å². The number of hydrogen-bond acceptors (Lipinski definition) is 9. The molecule has 0 unspecified atom stereocenters. The highest BCUT2D eigenvalue weighted by Gasteiger charge is 2.32. The van der Waals surface area contributed by atoms with Gasteiger partial charge in [-0.2, -0.15) is 17.8 Å². The molecule has 0 atom stereocenters. The van der Waals surface area contributed by atoms with E-state index in [-0.39, 0.29) is 27.9 Å².